The fourth-order valence-corrected chi connectivity index (χ4v) is 5.14. The van der Waals surface area contributed by atoms with Gasteiger partial charge in [0.25, 0.3) is 0 Å². The fraction of sp³-hybridized carbons (Fsp3) is 0.438. The van der Waals surface area contributed by atoms with Crippen LogP contribution in [0.5, 0.6) is 17.2 Å². The van der Waals surface area contributed by atoms with Crippen LogP contribution < -0.4 is 14.4 Å². The molecule has 0 radical (unpaired) electrons. The zero-order chi connectivity index (χ0) is 26.9. The minimum Gasteiger partial charge on any atom is -0.508 e. The van der Waals surface area contributed by atoms with E-state index < -0.39 is 0 Å². The average molecular weight is 519 g/mol. The molecule has 38 heavy (non-hydrogen) atoms. The predicted octanol–water partition coefficient (Wildman–Crippen LogP) is 5.66. The van der Waals surface area contributed by atoms with Crippen molar-refractivity contribution in [1.82, 2.24) is 4.90 Å². The van der Waals surface area contributed by atoms with Gasteiger partial charge >= 0.3 is 0 Å². The zero-order valence-electron chi connectivity index (χ0n) is 23.3. The van der Waals surface area contributed by atoms with Crippen LogP contribution in [0, 0.1) is 0 Å². The summed E-state index contributed by atoms with van der Waals surface area (Å²) in [6.45, 7) is 6.50. The molecule has 0 aromatic heterocycles. The number of anilines is 1. The number of benzene rings is 3. The first-order valence-corrected chi connectivity index (χ1v) is 13.6. The maximum atomic E-state index is 9.93. The van der Waals surface area contributed by atoms with Gasteiger partial charge in [-0.1, -0.05) is 24.3 Å². The number of nitrogens with zero attached hydrogens (tertiary/aromatic N) is 2. The van der Waals surface area contributed by atoms with Crippen LogP contribution >= 0.6 is 0 Å². The largest absolute Gasteiger partial charge is 0.508 e. The number of rotatable bonds is 13. The van der Waals surface area contributed by atoms with Gasteiger partial charge in [-0.25, -0.2) is 0 Å². The molecule has 0 saturated heterocycles. The number of methoxy groups -OCH3 is 1. The van der Waals surface area contributed by atoms with Crippen molar-refractivity contribution in [3.63, 3.8) is 0 Å². The summed E-state index contributed by atoms with van der Waals surface area (Å²) < 4.78 is 17.3. The van der Waals surface area contributed by atoms with Crippen molar-refractivity contribution in [2.24, 2.45) is 0 Å². The number of likely N-dealkylation sites (N-methyl/N-ethyl adjacent to an activating group) is 1. The van der Waals surface area contributed by atoms with E-state index in [1.165, 1.54) is 27.9 Å². The van der Waals surface area contributed by atoms with Crippen LogP contribution in [-0.4, -0.2) is 64.1 Å². The van der Waals surface area contributed by atoms with Gasteiger partial charge in [0.2, 0.25) is 0 Å². The molecule has 6 nitrogen and oxygen atoms in total. The Morgan fingerprint density at radius 3 is 2.42 bits per heavy atom. The lowest BCUT2D eigenvalue weighted by Gasteiger charge is -2.32. The number of aromatic hydroxyl groups is 1. The smallest absolute Gasteiger partial charge is 0.120 e. The maximum absolute atomic E-state index is 9.93. The molecule has 204 valence electrons. The minimum atomic E-state index is 0.351. The topological polar surface area (TPSA) is 54.4 Å². The number of phenolic OH excluding ortho intramolecular Hbond substituents is 1. The SMILES string of the molecule is CCOCCN(Cc1ccc(OCCN(C)C)cc1)c1cc(OC)ccc1C1CCc2cc(O)ccc2C1. The highest BCUT2D eigenvalue weighted by Crippen LogP contribution is 2.40. The number of aryl methyl sites for hydroxylation is 1. The summed E-state index contributed by atoms with van der Waals surface area (Å²) in [6, 6.07) is 20.7. The van der Waals surface area contributed by atoms with Gasteiger partial charge in [-0.3, -0.25) is 0 Å². The quantitative estimate of drug-likeness (QED) is 0.295. The summed E-state index contributed by atoms with van der Waals surface area (Å²) in [5, 5.41) is 9.93. The van der Waals surface area contributed by atoms with Crippen LogP contribution in [0.3, 0.4) is 0 Å². The molecular formula is C32H42N2O4. The predicted molar refractivity (Wildman–Crippen MR) is 154 cm³/mol. The molecular weight excluding hydrogens is 476 g/mol. The van der Waals surface area contributed by atoms with E-state index in [9.17, 15) is 5.11 Å². The van der Waals surface area contributed by atoms with Crippen LogP contribution in [0.4, 0.5) is 5.69 Å². The Hall–Kier alpha value is -3.22. The molecule has 3 aromatic carbocycles. The second kappa shape index (κ2) is 13.5. The monoisotopic (exact) mass is 518 g/mol. The second-order valence-corrected chi connectivity index (χ2v) is 10.2. The highest BCUT2D eigenvalue weighted by Gasteiger charge is 2.25. The van der Waals surface area contributed by atoms with E-state index in [-0.39, 0.29) is 0 Å². The van der Waals surface area contributed by atoms with Crippen molar-refractivity contribution < 1.29 is 19.3 Å². The van der Waals surface area contributed by atoms with Crippen LogP contribution in [0.1, 0.15) is 41.5 Å². The van der Waals surface area contributed by atoms with E-state index in [0.717, 1.165) is 50.4 Å². The molecule has 0 aliphatic heterocycles. The Morgan fingerprint density at radius 2 is 1.68 bits per heavy atom. The zero-order valence-corrected chi connectivity index (χ0v) is 23.3. The number of fused-ring (bicyclic) bond motifs is 1. The minimum absolute atomic E-state index is 0.351. The van der Waals surface area contributed by atoms with E-state index in [1.54, 1.807) is 13.2 Å². The lowest BCUT2D eigenvalue weighted by Crippen LogP contribution is -2.29. The molecule has 0 spiro atoms. The third-order valence-electron chi connectivity index (χ3n) is 7.25. The third kappa shape index (κ3) is 7.42. The van der Waals surface area contributed by atoms with E-state index in [0.29, 0.717) is 31.5 Å². The van der Waals surface area contributed by atoms with Gasteiger partial charge in [-0.15, -0.1) is 0 Å². The molecule has 0 fully saturated rings. The summed E-state index contributed by atoms with van der Waals surface area (Å²) in [6.07, 6.45) is 2.98. The van der Waals surface area contributed by atoms with E-state index in [2.05, 4.69) is 58.3 Å². The van der Waals surface area contributed by atoms with E-state index in [1.807, 2.05) is 27.1 Å². The molecule has 0 saturated carbocycles. The van der Waals surface area contributed by atoms with Crippen LogP contribution in [0.15, 0.2) is 60.7 Å². The van der Waals surface area contributed by atoms with Gasteiger partial charge in [-0.05, 0) is 98.8 Å². The van der Waals surface area contributed by atoms with Gasteiger partial charge in [0.15, 0.2) is 0 Å². The molecule has 1 atom stereocenters. The summed E-state index contributed by atoms with van der Waals surface area (Å²) in [5.41, 5.74) is 6.34. The Labute approximate surface area is 227 Å². The molecule has 0 amide bonds. The van der Waals surface area contributed by atoms with Gasteiger partial charge in [0.1, 0.15) is 23.9 Å². The first-order chi connectivity index (χ1) is 18.5. The number of hydrogen-bond donors (Lipinski definition) is 1. The highest BCUT2D eigenvalue weighted by molar-refractivity contribution is 5.60. The molecule has 0 bridgehead atoms. The average Bonchev–Trinajstić information content (AvgIpc) is 2.92. The summed E-state index contributed by atoms with van der Waals surface area (Å²) in [5.74, 6) is 2.50. The van der Waals surface area contributed by atoms with Gasteiger partial charge in [0, 0.05) is 38.0 Å². The third-order valence-corrected chi connectivity index (χ3v) is 7.25. The van der Waals surface area contributed by atoms with Crippen LogP contribution in [-0.2, 0) is 24.1 Å². The summed E-state index contributed by atoms with van der Waals surface area (Å²) >= 11 is 0. The molecule has 1 aliphatic rings. The van der Waals surface area contributed by atoms with Gasteiger partial charge < -0.3 is 29.1 Å². The molecule has 4 rings (SSSR count). The van der Waals surface area contributed by atoms with Crippen molar-refractivity contribution in [1.29, 1.82) is 0 Å². The van der Waals surface area contributed by atoms with E-state index in [4.69, 9.17) is 14.2 Å². The number of phenols is 1. The maximum Gasteiger partial charge on any atom is 0.120 e. The van der Waals surface area contributed by atoms with Crippen LogP contribution in [0.25, 0.3) is 0 Å². The van der Waals surface area contributed by atoms with Gasteiger partial charge in [0.05, 0.1) is 13.7 Å². The highest BCUT2D eigenvalue weighted by atomic mass is 16.5. The first kappa shape index (κ1) is 27.8. The first-order valence-electron chi connectivity index (χ1n) is 13.6. The van der Waals surface area contributed by atoms with Crippen molar-refractivity contribution >= 4 is 5.69 Å². The van der Waals surface area contributed by atoms with E-state index >= 15 is 0 Å². The Bertz CT molecular complexity index is 1160. The molecule has 6 heteroatoms. The number of hydrogen-bond acceptors (Lipinski definition) is 6. The Kier molecular flexibility index (Phi) is 9.91. The molecule has 0 heterocycles. The summed E-state index contributed by atoms with van der Waals surface area (Å²) in [7, 11) is 5.82. The molecule has 1 aliphatic carbocycles. The van der Waals surface area contributed by atoms with Crippen LogP contribution in [0.2, 0.25) is 0 Å². The lowest BCUT2D eigenvalue weighted by atomic mass is 9.79. The lowest BCUT2D eigenvalue weighted by molar-refractivity contribution is 0.153. The summed E-state index contributed by atoms with van der Waals surface area (Å²) in [4.78, 5) is 4.53. The normalized spacial score (nSPS) is 14.8. The van der Waals surface area contributed by atoms with Crippen molar-refractivity contribution in [3.05, 3.63) is 82.9 Å². The van der Waals surface area contributed by atoms with Crippen molar-refractivity contribution in [2.75, 3.05) is 59.0 Å². The number of ether oxygens (including phenoxy) is 3. The van der Waals surface area contributed by atoms with Gasteiger partial charge in [-0.2, -0.15) is 0 Å². The van der Waals surface area contributed by atoms with Crippen molar-refractivity contribution in [3.8, 4) is 17.2 Å². The Morgan fingerprint density at radius 1 is 0.895 bits per heavy atom. The standard InChI is InChI=1S/C32H42N2O4/c1-5-37-18-17-34(23-24-6-12-29(13-7-24)38-19-16-33(2)3)32-22-30(36-4)14-15-31(32)27-9-8-26-21-28(35)11-10-25(26)20-27/h6-7,10-15,21-22,27,35H,5,8-9,16-20,23H2,1-4H3. The fourth-order valence-electron chi connectivity index (χ4n) is 5.14. The van der Waals surface area contributed by atoms with Crippen molar-refractivity contribution in [2.45, 2.75) is 38.6 Å². The molecule has 1 unspecified atom stereocenters. The molecule has 1 N–H and O–H groups in total. The second-order valence-electron chi connectivity index (χ2n) is 10.2. The Balaban J connectivity index is 1.58. The molecule has 3 aromatic rings.